The number of carbonyl (C=O) groups is 1. The van der Waals surface area contributed by atoms with Crippen LogP contribution in [0.4, 0.5) is 0 Å². The fourth-order valence-corrected chi connectivity index (χ4v) is 3.50. The van der Waals surface area contributed by atoms with E-state index < -0.39 is 0 Å². The Kier molecular flexibility index (Phi) is 4.11. The molecule has 0 unspecified atom stereocenters. The van der Waals surface area contributed by atoms with E-state index in [1.54, 1.807) is 11.3 Å². The standard InChI is InChI=1S/C14H17ClN2OS/c1-5-12-10(4)19-14(16-12)17-8(2)6-11(9(17)3)13(18)7-15/h6H,5,7H2,1-4H3. The monoisotopic (exact) mass is 296 g/mol. The van der Waals surface area contributed by atoms with Crippen molar-refractivity contribution in [1.29, 1.82) is 0 Å². The average molecular weight is 297 g/mol. The van der Waals surface area contributed by atoms with E-state index in [1.165, 1.54) is 4.88 Å². The molecule has 0 aliphatic carbocycles. The number of halogens is 1. The molecule has 0 saturated carbocycles. The molecule has 5 heteroatoms. The third kappa shape index (κ3) is 2.47. The van der Waals surface area contributed by atoms with Crippen LogP contribution in [0, 0.1) is 20.8 Å². The van der Waals surface area contributed by atoms with Crippen LogP contribution < -0.4 is 0 Å². The van der Waals surface area contributed by atoms with Crippen molar-refractivity contribution in [3.8, 4) is 5.13 Å². The normalized spacial score (nSPS) is 11.0. The number of hydrogen-bond donors (Lipinski definition) is 0. The van der Waals surface area contributed by atoms with E-state index in [1.807, 2.05) is 24.5 Å². The van der Waals surface area contributed by atoms with Gasteiger partial charge in [-0.2, -0.15) is 0 Å². The molecule has 2 aromatic heterocycles. The van der Waals surface area contributed by atoms with E-state index in [0.717, 1.165) is 28.6 Å². The zero-order chi connectivity index (χ0) is 14.2. The zero-order valence-electron chi connectivity index (χ0n) is 11.6. The Hall–Kier alpha value is -1.13. The van der Waals surface area contributed by atoms with Crippen LogP contribution in [0.25, 0.3) is 5.13 Å². The first-order chi connectivity index (χ1) is 8.99. The molecule has 3 nitrogen and oxygen atoms in total. The van der Waals surface area contributed by atoms with E-state index in [9.17, 15) is 4.79 Å². The van der Waals surface area contributed by atoms with Crippen LogP contribution in [0.1, 0.15) is 39.2 Å². The van der Waals surface area contributed by atoms with Gasteiger partial charge in [0.15, 0.2) is 10.9 Å². The molecular weight excluding hydrogens is 280 g/mol. The number of carbonyl (C=O) groups excluding carboxylic acids is 1. The smallest absolute Gasteiger partial charge is 0.194 e. The number of alkyl halides is 1. The molecular formula is C14H17ClN2OS. The van der Waals surface area contributed by atoms with Gasteiger partial charge < -0.3 is 0 Å². The maximum Gasteiger partial charge on any atom is 0.194 e. The maximum absolute atomic E-state index is 11.8. The van der Waals surface area contributed by atoms with E-state index in [2.05, 4.69) is 18.8 Å². The molecule has 0 aromatic carbocycles. The summed E-state index contributed by atoms with van der Waals surface area (Å²) in [7, 11) is 0. The molecule has 2 heterocycles. The van der Waals surface area contributed by atoms with Crippen LogP contribution in [0.2, 0.25) is 0 Å². The predicted molar refractivity (Wildman–Crippen MR) is 80.1 cm³/mol. The SMILES string of the molecule is CCc1nc(-n2c(C)cc(C(=O)CCl)c2C)sc1C. The summed E-state index contributed by atoms with van der Waals surface area (Å²) in [5.41, 5.74) is 3.75. The van der Waals surface area contributed by atoms with Crippen LogP contribution >= 0.6 is 22.9 Å². The van der Waals surface area contributed by atoms with Crippen LogP contribution in [-0.4, -0.2) is 21.2 Å². The van der Waals surface area contributed by atoms with Crippen LogP contribution in [0.5, 0.6) is 0 Å². The fraction of sp³-hybridized carbons (Fsp3) is 0.429. The second kappa shape index (κ2) is 5.47. The van der Waals surface area contributed by atoms with Crippen molar-refractivity contribution in [3.05, 3.63) is 33.6 Å². The molecule has 102 valence electrons. The Balaban J connectivity index is 2.56. The van der Waals surface area contributed by atoms with Crippen molar-refractivity contribution >= 4 is 28.7 Å². The van der Waals surface area contributed by atoms with E-state index >= 15 is 0 Å². The fourth-order valence-electron chi connectivity index (χ4n) is 2.25. The lowest BCUT2D eigenvalue weighted by Crippen LogP contribution is -2.04. The first kappa shape index (κ1) is 14.3. The Morgan fingerprint density at radius 1 is 1.42 bits per heavy atom. The Morgan fingerprint density at radius 2 is 2.11 bits per heavy atom. The number of rotatable bonds is 4. The van der Waals surface area contributed by atoms with Crippen molar-refractivity contribution in [1.82, 2.24) is 9.55 Å². The van der Waals surface area contributed by atoms with Gasteiger partial charge in [0.05, 0.1) is 11.6 Å². The van der Waals surface area contributed by atoms with Gasteiger partial charge in [0.25, 0.3) is 0 Å². The summed E-state index contributed by atoms with van der Waals surface area (Å²) < 4.78 is 2.04. The van der Waals surface area contributed by atoms with Gasteiger partial charge in [0.1, 0.15) is 0 Å². The van der Waals surface area contributed by atoms with Gasteiger partial charge >= 0.3 is 0 Å². The maximum atomic E-state index is 11.8. The second-order valence-corrected chi connectivity index (χ2v) is 5.98. The summed E-state index contributed by atoms with van der Waals surface area (Å²) in [6, 6.07) is 1.89. The van der Waals surface area contributed by atoms with Crippen LogP contribution in [-0.2, 0) is 6.42 Å². The van der Waals surface area contributed by atoms with Gasteiger partial charge in [0.2, 0.25) is 0 Å². The quantitative estimate of drug-likeness (QED) is 0.634. The minimum Gasteiger partial charge on any atom is -0.294 e. The third-order valence-electron chi connectivity index (χ3n) is 3.26. The number of aryl methyl sites for hydroxylation is 3. The number of hydrogen-bond acceptors (Lipinski definition) is 3. The van der Waals surface area contributed by atoms with Crippen molar-refractivity contribution in [2.24, 2.45) is 0 Å². The summed E-state index contributed by atoms with van der Waals surface area (Å²) in [5, 5.41) is 0.929. The molecule has 0 bridgehead atoms. The highest BCUT2D eigenvalue weighted by Gasteiger charge is 2.18. The molecule has 0 spiro atoms. The van der Waals surface area contributed by atoms with Crippen molar-refractivity contribution in [3.63, 3.8) is 0 Å². The molecule has 0 N–H and O–H groups in total. The molecule has 0 saturated heterocycles. The molecule has 0 radical (unpaired) electrons. The van der Waals surface area contributed by atoms with E-state index in [4.69, 9.17) is 11.6 Å². The zero-order valence-corrected chi connectivity index (χ0v) is 13.2. The highest BCUT2D eigenvalue weighted by atomic mass is 35.5. The minimum atomic E-state index is -0.0370. The summed E-state index contributed by atoms with van der Waals surface area (Å²) >= 11 is 7.31. The van der Waals surface area contributed by atoms with E-state index in [0.29, 0.717) is 5.56 Å². The molecule has 0 aliphatic rings. The molecule has 2 aromatic rings. The number of Topliss-reactive ketones (excluding diaryl/α,β-unsaturated/α-hetero) is 1. The Morgan fingerprint density at radius 3 is 2.63 bits per heavy atom. The average Bonchev–Trinajstić information content (AvgIpc) is 2.88. The molecule has 2 rings (SSSR count). The highest BCUT2D eigenvalue weighted by Crippen LogP contribution is 2.27. The second-order valence-electron chi connectivity index (χ2n) is 4.53. The van der Waals surface area contributed by atoms with Crippen molar-refractivity contribution < 1.29 is 4.79 Å². The van der Waals surface area contributed by atoms with Gasteiger partial charge in [-0.3, -0.25) is 9.36 Å². The number of nitrogens with zero attached hydrogens (tertiary/aromatic N) is 2. The summed E-state index contributed by atoms with van der Waals surface area (Å²) in [5.74, 6) is -0.0218. The third-order valence-corrected chi connectivity index (χ3v) is 4.50. The number of aromatic nitrogens is 2. The minimum absolute atomic E-state index is 0.0153. The largest absolute Gasteiger partial charge is 0.294 e. The first-order valence-corrected chi connectivity index (χ1v) is 7.59. The lowest BCUT2D eigenvalue weighted by molar-refractivity contribution is 0.102. The predicted octanol–water partition coefficient (Wildman–Crippen LogP) is 3.84. The van der Waals surface area contributed by atoms with Crippen LogP contribution in [0.3, 0.4) is 0 Å². The molecule has 0 atom stereocenters. The van der Waals surface area contributed by atoms with Gasteiger partial charge in [-0.15, -0.1) is 22.9 Å². The topological polar surface area (TPSA) is 34.9 Å². The highest BCUT2D eigenvalue weighted by molar-refractivity contribution is 7.14. The van der Waals surface area contributed by atoms with Crippen molar-refractivity contribution in [2.75, 3.05) is 5.88 Å². The Labute approximate surface area is 122 Å². The number of ketones is 1. The summed E-state index contributed by atoms with van der Waals surface area (Å²) in [6.45, 7) is 8.11. The molecule has 19 heavy (non-hydrogen) atoms. The number of thiazole rings is 1. The van der Waals surface area contributed by atoms with Gasteiger partial charge in [-0.25, -0.2) is 4.98 Å². The lowest BCUT2D eigenvalue weighted by atomic mass is 10.2. The first-order valence-electron chi connectivity index (χ1n) is 6.24. The van der Waals surface area contributed by atoms with Crippen molar-refractivity contribution in [2.45, 2.75) is 34.1 Å². The molecule has 0 amide bonds. The van der Waals surface area contributed by atoms with Gasteiger partial charge in [-0.05, 0) is 33.3 Å². The Bertz CT molecular complexity index is 628. The molecule has 0 fully saturated rings. The molecule has 0 aliphatic heterocycles. The van der Waals surface area contributed by atoms with Crippen LogP contribution in [0.15, 0.2) is 6.07 Å². The lowest BCUT2D eigenvalue weighted by Gasteiger charge is -2.05. The summed E-state index contributed by atoms with van der Waals surface area (Å²) in [4.78, 5) is 17.7. The summed E-state index contributed by atoms with van der Waals surface area (Å²) in [6.07, 6.45) is 0.926. The van der Waals surface area contributed by atoms with Gasteiger partial charge in [0, 0.05) is 21.8 Å². The van der Waals surface area contributed by atoms with Gasteiger partial charge in [-0.1, -0.05) is 6.92 Å². The van der Waals surface area contributed by atoms with E-state index in [-0.39, 0.29) is 11.7 Å².